The molecule has 6 nitrogen and oxygen atoms in total. The van der Waals surface area contributed by atoms with Gasteiger partial charge in [0.05, 0.1) is 11.4 Å². The van der Waals surface area contributed by atoms with Crippen LogP contribution in [0.4, 0.5) is 5.82 Å². The summed E-state index contributed by atoms with van der Waals surface area (Å²) in [6.45, 7) is 7.34. The first kappa shape index (κ1) is 21.6. The molecule has 7 heteroatoms. The summed E-state index contributed by atoms with van der Waals surface area (Å²) in [5, 5.41) is 11.1. The van der Waals surface area contributed by atoms with Gasteiger partial charge in [0, 0.05) is 29.1 Å². The summed E-state index contributed by atoms with van der Waals surface area (Å²) < 4.78 is 1.68. The summed E-state index contributed by atoms with van der Waals surface area (Å²) >= 11 is 6.02. The largest absolute Gasteiger partial charge is 0.350 e. The maximum absolute atomic E-state index is 12.3. The number of anilines is 1. The molecule has 0 aliphatic heterocycles. The molecule has 0 spiro atoms. The van der Waals surface area contributed by atoms with Crippen molar-refractivity contribution in [3.63, 3.8) is 0 Å². The fraction of sp³-hybridized carbons (Fsp3) is 0.261. The van der Waals surface area contributed by atoms with Gasteiger partial charge < -0.3 is 10.6 Å². The molecule has 3 rings (SSSR count). The number of carbonyl (C=O) groups excluding carboxylic acids is 2. The Morgan fingerprint density at radius 3 is 2.30 bits per heavy atom. The van der Waals surface area contributed by atoms with Crippen molar-refractivity contribution in [2.45, 2.75) is 40.2 Å². The Labute approximate surface area is 181 Å². The third-order valence-electron chi connectivity index (χ3n) is 4.85. The Kier molecular flexibility index (Phi) is 6.57. The number of hydrogen-bond donors (Lipinski definition) is 2. The van der Waals surface area contributed by atoms with Crippen LogP contribution in [0.2, 0.25) is 5.02 Å². The number of halogens is 1. The molecular weight excluding hydrogens is 400 g/mol. The Hall–Kier alpha value is -3.12. The van der Waals surface area contributed by atoms with Crippen LogP contribution in [0.3, 0.4) is 0 Å². The van der Waals surface area contributed by atoms with E-state index in [4.69, 9.17) is 11.6 Å². The quantitative estimate of drug-likeness (QED) is 0.585. The summed E-state index contributed by atoms with van der Waals surface area (Å²) in [4.78, 5) is 24.2. The number of amides is 2. The lowest BCUT2D eigenvalue weighted by atomic mass is 10.1. The summed E-state index contributed by atoms with van der Waals surface area (Å²) in [5.74, 6) is 0.256. The average Bonchev–Trinajstić information content (AvgIpc) is 3.03. The van der Waals surface area contributed by atoms with E-state index in [2.05, 4.69) is 15.7 Å². The minimum atomic E-state index is -0.198. The molecule has 0 saturated heterocycles. The standard InChI is InChI=1S/C23H25ClN4O2/c1-5-14(2)25-23(30)18-8-12-20(13-9-18)28-22(26-16(4)29)21(15(3)27-28)17-6-10-19(24)11-7-17/h6-14H,5H2,1-4H3,(H,25,30)(H,26,29)/t14-/m1/s1. The van der Waals surface area contributed by atoms with Crippen LogP contribution < -0.4 is 10.6 Å². The van der Waals surface area contributed by atoms with Gasteiger partial charge in [-0.1, -0.05) is 30.7 Å². The molecule has 0 bridgehead atoms. The first-order valence-electron chi connectivity index (χ1n) is 9.84. The molecule has 156 valence electrons. The third-order valence-corrected chi connectivity index (χ3v) is 5.10. The normalized spacial score (nSPS) is 11.8. The van der Waals surface area contributed by atoms with Crippen molar-refractivity contribution in [3.8, 4) is 16.8 Å². The molecule has 30 heavy (non-hydrogen) atoms. The van der Waals surface area contributed by atoms with E-state index in [0.29, 0.717) is 16.4 Å². The Bertz CT molecular complexity index is 1060. The van der Waals surface area contributed by atoms with Gasteiger partial charge in [-0.15, -0.1) is 0 Å². The van der Waals surface area contributed by atoms with Crippen molar-refractivity contribution < 1.29 is 9.59 Å². The van der Waals surface area contributed by atoms with Gasteiger partial charge in [-0.2, -0.15) is 5.10 Å². The van der Waals surface area contributed by atoms with E-state index in [0.717, 1.165) is 28.9 Å². The third kappa shape index (κ3) is 4.71. The van der Waals surface area contributed by atoms with Crippen molar-refractivity contribution >= 4 is 29.2 Å². The van der Waals surface area contributed by atoms with Gasteiger partial charge in [0.2, 0.25) is 5.91 Å². The summed E-state index contributed by atoms with van der Waals surface area (Å²) in [5.41, 5.74) is 3.79. The van der Waals surface area contributed by atoms with Gasteiger partial charge in [0.25, 0.3) is 5.91 Å². The lowest BCUT2D eigenvalue weighted by Gasteiger charge is -2.13. The van der Waals surface area contributed by atoms with Gasteiger partial charge in [0.15, 0.2) is 0 Å². The predicted molar refractivity (Wildman–Crippen MR) is 120 cm³/mol. The van der Waals surface area contributed by atoms with Crippen molar-refractivity contribution in [2.24, 2.45) is 0 Å². The molecule has 1 aromatic heterocycles. The minimum absolute atomic E-state index is 0.110. The minimum Gasteiger partial charge on any atom is -0.350 e. The van der Waals surface area contributed by atoms with Gasteiger partial charge in [-0.3, -0.25) is 9.59 Å². The topological polar surface area (TPSA) is 76.0 Å². The van der Waals surface area contributed by atoms with Gasteiger partial charge in [0.1, 0.15) is 5.82 Å². The molecule has 1 atom stereocenters. The zero-order valence-electron chi connectivity index (χ0n) is 17.5. The Morgan fingerprint density at radius 1 is 1.10 bits per heavy atom. The van der Waals surface area contributed by atoms with Crippen LogP contribution in [-0.4, -0.2) is 27.6 Å². The molecule has 2 amide bonds. The second kappa shape index (κ2) is 9.13. The highest BCUT2D eigenvalue weighted by Crippen LogP contribution is 2.34. The molecule has 2 aromatic carbocycles. The summed E-state index contributed by atoms with van der Waals surface area (Å²) in [7, 11) is 0. The van der Waals surface area contributed by atoms with Crippen molar-refractivity contribution in [3.05, 3.63) is 64.8 Å². The number of aromatic nitrogens is 2. The zero-order valence-corrected chi connectivity index (χ0v) is 18.2. The zero-order chi connectivity index (χ0) is 21.8. The van der Waals surface area contributed by atoms with E-state index in [1.165, 1.54) is 6.92 Å². The van der Waals surface area contributed by atoms with E-state index in [-0.39, 0.29) is 17.9 Å². The monoisotopic (exact) mass is 424 g/mol. The van der Waals surface area contributed by atoms with Crippen LogP contribution in [0, 0.1) is 6.92 Å². The summed E-state index contributed by atoms with van der Waals surface area (Å²) in [6.07, 6.45) is 0.865. The SMILES string of the molecule is CC[C@@H](C)NC(=O)c1ccc(-n2nc(C)c(-c3ccc(Cl)cc3)c2NC(C)=O)cc1. The van der Waals surface area contributed by atoms with E-state index in [1.54, 1.807) is 28.9 Å². The number of rotatable bonds is 6. The number of nitrogens with one attached hydrogen (secondary N) is 2. The maximum Gasteiger partial charge on any atom is 0.251 e. The molecule has 0 saturated carbocycles. The lowest BCUT2D eigenvalue weighted by molar-refractivity contribution is -0.114. The first-order chi connectivity index (χ1) is 14.3. The molecule has 1 heterocycles. The van der Waals surface area contributed by atoms with E-state index in [9.17, 15) is 9.59 Å². The van der Waals surface area contributed by atoms with Gasteiger partial charge >= 0.3 is 0 Å². The molecule has 0 fully saturated rings. The fourth-order valence-electron chi connectivity index (χ4n) is 3.12. The summed E-state index contributed by atoms with van der Waals surface area (Å²) in [6, 6.07) is 14.6. The second-order valence-corrected chi connectivity index (χ2v) is 7.67. The van der Waals surface area contributed by atoms with Crippen molar-refractivity contribution in [1.29, 1.82) is 0 Å². The highest BCUT2D eigenvalue weighted by molar-refractivity contribution is 6.30. The van der Waals surface area contributed by atoms with Crippen LogP contribution in [0.5, 0.6) is 0 Å². The van der Waals surface area contributed by atoms with Gasteiger partial charge in [-0.25, -0.2) is 4.68 Å². The van der Waals surface area contributed by atoms with E-state index in [1.807, 2.05) is 45.0 Å². The number of benzene rings is 2. The van der Waals surface area contributed by atoms with Crippen LogP contribution in [0.15, 0.2) is 48.5 Å². The fourth-order valence-corrected chi connectivity index (χ4v) is 3.25. The lowest BCUT2D eigenvalue weighted by Crippen LogP contribution is -2.31. The predicted octanol–water partition coefficient (Wildman–Crippen LogP) is 4.99. The Balaban J connectivity index is 2.01. The van der Waals surface area contributed by atoms with E-state index >= 15 is 0 Å². The van der Waals surface area contributed by atoms with Crippen molar-refractivity contribution in [2.75, 3.05) is 5.32 Å². The number of nitrogens with zero attached hydrogens (tertiary/aromatic N) is 2. The molecule has 0 aliphatic rings. The average molecular weight is 425 g/mol. The number of hydrogen-bond acceptors (Lipinski definition) is 3. The highest BCUT2D eigenvalue weighted by atomic mass is 35.5. The number of carbonyl (C=O) groups is 2. The smallest absolute Gasteiger partial charge is 0.251 e. The van der Waals surface area contributed by atoms with Crippen LogP contribution in [0.25, 0.3) is 16.8 Å². The van der Waals surface area contributed by atoms with E-state index < -0.39 is 0 Å². The maximum atomic E-state index is 12.3. The van der Waals surface area contributed by atoms with Crippen LogP contribution in [-0.2, 0) is 4.79 Å². The molecular formula is C23H25ClN4O2. The second-order valence-electron chi connectivity index (χ2n) is 7.24. The molecule has 0 radical (unpaired) electrons. The van der Waals surface area contributed by atoms with Crippen LogP contribution in [0.1, 0.15) is 43.2 Å². The van der Waals surface area contributed by atoms with Crippen LogP contribution >= 0.6 is 11.6 Å². The molecule has 2 N–H and O–H groups in total. The molecule has 0 unspecified atom stereocenters. The molecule has 0 aliphatic carbocycles. The molecule has 3 aromatic rings. The number of aryl methyl sites for hydroxylation is 1. The Morgan fingerprint density at radius 2 is 1.73 bits per heavy atom. The highest BCUT2D eigenvalue weighted by Gasteiger charge is 2.19. The van der Waals surface area contributed by atoms with Crippen molar-refractivity contribution in [1.82, 2.24) is 15.1 Å². The van der Waals surface area contributed by atoms with Gasteiger partial charge in [-0.05, 0) is 62.2 Å². The first-order valence-corrected chi connectivity index (χ1v) is 10.2.